The number of hydrogen-bond acceptors (Lipinski definition) is 4. The summed E-state index contributed by atoms with van der Waals surface area (Å²) in [6.45, 7) is 7.79. The number of nitrogens with zero attached hydrogens (tertiary/aromatic N) is 2. The lowest BCUT2D eigenvalue weighted by atomic mass is 9.99. The average molecular weight is 230 g/mol. The van der Waals surface area contributed by atoms with Crippen molar-refractivity contribution in [2.24, 2.45) is 0 Å². The van der Waals surface area contributed by atoms with E-state index in [0.717, 1.165) is 0 Å². The highest BCUT2D eigenvalue weighted by atomic mass is 16.6. The van der Waals surface area contributed by atoms with Crippen LogP contribution in [0.3, 0.4) is 0 Å². The fraction of sp³-hybridized carbons (Fsp3) is 0.800. The van der Waals surface area contributed by atoms with Gasteiger partial charge < -0.3 is 5.21 Å². The SMILES string of the molecule is CC(=O)C(C)(C)N([O-])[N+](=O)C(C)(C)C(C)=O. The summed E-state index contributed by atoms with van der Waals surface area (Å²) < 4.78 is 0. The van der Waals surface area contributed by atoms with E-state index in [9.17, 15) is 19.7 Å². The van der Waals surface area contributed by atoms with Gasteiger partial charge in [0.2, 0.25) is 5.78 Å². The van der Waals surface area contributed by atoms with Crippen LogP contribution in [0.2, 0.25) is 0 Å². The second kappa shape index (κ2) is 4.29. The number of Topliss-reactive ketones (excluding diaryl/α,β-unsaturated/α-hetero) is 2. The Morgan fingerprint density at radius 1 is 1.06 bits per heavy atom. The topological polar surface area (TPSA) is 80.5 Å². The standard InChI is InChI=1S/C10H18N2O4/c1-7(13)9(3,4)11(15)12(16)10(5,6)8(2)14/h1-6H3. The van der Waals surface area contributed by atoms with Gasteiger partial charge >= 0.3 is 0 Å². The molecule has 0 atom stereocenters. The van der Waals surface area contributed by atoms with Gasteiger partial charge in [0.1, 0.15) is 10.4 Å². The number of carbonyl (C=O) groups excluding carboxylic acids is 2. The molecule has 0 bridgehead atoms. The Morgan fingerprint density at radius 2 is 1.44 bits per heavy atom. The lowest BCUT2D eigenvalue weighted by Crippen LogP contribution is -2.57. The largest absolute Gasteiger partial charge is 0.703 e. The van der Waals surface area contributed by atoms with Gasteiger partial charge in [-0.15, -0.1) is 0 Å². The maximum absolute atomic E-state index is 11.7. The van der Waals surface area contributed by atoms with Crippen LogP contribution in [0.15, 0.2) is 0 Å². The lowest BCUT2D eigenvalue weighted by molar-refractivity contribution is -0.746. The van der Waals surface area contributed by atoms with E-state index in [2.05, 4.69) is 0 Å². The van der Waals surface area contributed by atoms with Gasteiger partial charge in [0.25, 0.3) is 5.54 Å². The molecule has 0 fully saturated rings. The third-order valence-corrected chi connectivity index (χ3v) is 2.84. The van der Waals surface area contributed by atoms with Crippen molar-refractivity contribution in [1.29, 1.82) is 0 Å². The van der Waals surface area contributed by atoms with Gasteiger partial charge in [0.05, 0.1) is 4.91 Å². The van der Waals surface area contributed by atoms with E-state index in [1.165, 1.54) is 41.5 Å². The molecule has 0 aromatic rings. The van der Waals surface area contributed by atoms with Crippen molar-refractivity contribution in [3.05, 3.63) is 10.1 Å². The molecule has 0 aromatic carbocycles. The van der Waals surface area contributed by atoms with Gasteiger partial charge in [0.15, 0.2) is 5.78 Å². The summed E-state index contributed by atoms with van der Waals surface area (Å²) in [6, 6.07) is 0. The molecule has 92 valence electrons. The zero-order valence-corrected chi connectivity index (χ0v) is 10.5. The zero-order chi connectivity index (χ0) is 13.3. The number of hydrazine groups is 1. The minimum atomic E-state index is -1.48. The summed E-state index contributed by atoms with van der Waals surface area (Å²) in [5.74, 6) is -0.884. The second-order valence-electron chi connectivity index (χ2n) is 4.78. The number of ketones is 2. The van der Waals surface area contributed by atoms with Crippen molar-refractivity contribution in [3.8, 4) is 0 Å². The maximum atomic E-state index is 11.7. The molecule has 0 radical (unpaired) electrons. The van der Waals surface area contributed by atoms with Crippen LogP contribution in [-0.2, 0) is 9.59 Å². The molecular weight excluding hydrogens is 212 g/mol. The van der Waals surface area contributed by atoms with E-state index in [1.807, 2.05) is 0 Å². The van der Waals surface area contributed by atoms with Crippen LogP contribution >= 0.6 is 0 Å². The van der Waals surface area contributed by atoms with Gasteiger partial charge in [-0.2, -0.15) is 5.17 Å². The Morgan fingerprint density at radius 3 is 1.69 bits per heavy atom. The summed E-state index contributed by atoms with van der Waals surface area (Å²) in [7, 11) is 0. The van der Waals surface area contributed by atoms with Gasteiger partial charge in [-0.3, -0.25) is 9.59 Å². The van der Waals surface area contributed by atoms with Crippen LogP contribution < -0.4 is 0 Å². The van der Waals surface area contributed by atoms with Crippen LogP contribution in [-0.4, -0.2) is 32.7 Å². The van der Waals surface area contributed by atoms with Crippen LogP contribution in [0, 0.1) is 10.1 Å². The van der Waals surface area contributed by atoms with Crippen LogP contribution in [0.1, 0.15) is 41.5 Å². The molecule has 0 N–H and O–H groups in total. The fourth-order valence-corrected chi connectivity index (χ4v) is 0.724. The average Bonchev–Trinajstić information content (AvgIpc) is 2.14. The Bertz CT molecular complexity index is 334. The number of carbonyl (C=O) groups is 2. The number of hydrogen-bond donors (Lipinski definition) is 0. The molecule has 0 saturated heterocycles. The van der Waals surface area contributed by atoms with E-state index in [1.54, 1.807) is 0 Å². The normalized spacial score (nSPS) is 12.2. The first-order valence-corrected chi connectivity index (χ1v) is 4.92. The Balaban J connectivity index is 5.17. The molecule has 0 aromatic heterocycles. The van der Waals surface area contributed by atoms with E-state index in [0.29, 0.717) is 0 Å². The van der Waals surface area contributed by atoms with Gasteiger partial charge in [-0.05, 0) is 20.8 Å². The zero-order valence-electron chi connectivity index (χ0n) is 10.5. The smallest absolute Gasteiger partial charge is 0.293 e. The third kappa shape index (κ3) is 2.44. The van der Waals surface area contributed by atoms with E-state index < -0.39 is 22.6 Å². The van der Waals surface area contributed by atoms with E-state index in [-0.39, 0.29) is 10.0 Å². The predicted octanol–water partition coefficient (Wildman–Crippen LogP) is 1.22. The summed E-state index contributed by atoms with van der Waals surface area (Å²) in [5.41, 5.74) is -2.96. The molecule has 16 heavy (non-hydrogen) atoms. The van der Waals surface area contributed by atoms with Crippen molar-refractivity contribution in [3.63, 3.8) is 0 Å². The Labute approximate surface area is 94.7 Å². The molecule has 6 nitrogen and oxygen atoms in total. The Kier molecular flexibility index (Phi) is 3.94. The minimum absolute atomic E-state index is 0.0106. The molecule has 0 unspecified atom stereocenters. The summed E-state index contributed by atoms with van der Waals surface area (Å²) in [6.07, 6.45) is 0. The molecule has 0 aliphatic rings. The minimum Gasteiger partial charge on any atom is -0.703 e. The lowest BCUT2D eigenvalue weighted by Gasteiger charge is -2.36. The van der Waals surface area contributed by atoms with Crippen LogP contribution in [0.25, 0.3) is 0 Å². The van der Waals surface area contributed by atoms with E-state index in [4.69, 9.17) is 0 Å². The molecule has 0 aliphatic heterocycles. The number of hydroxylamine groups is 1. The molecule has 0 spiro atoms. The third-order valence-electron chi connectivity index (χ3n) is 2.84. The van der Waals surface area contributed by atoms with Crippen molar-refractivity contribution in [2.45, 2.75) is 52.6 Å². The molecular formula is C10H18N2O4. The van der Waals surface area contributed by atoms with Gasteiger partial charge in [-0.1, -0.05) is 0 Å². The van der Waals surface area contributed by atoms with Crippen LogP contribution in [0.5, 0.6) is 0 Å². The van der Waals surface area contributed by atoms with Crippen molar-refractivity contribution in [2.75, 3.05) is 0 Å². The van der Waals surface area contributed by atoms with E-state index >= 15 is 0 Å². The molecule has 0 aliphatic carbocycles. The van der Waals surface area contributed by atoms with Gasteiger partial charge in [-0.25, -0.2) is 0 Å². The first-order chi connectivity index (χ1) is 6.95. The van der Waals surface area contributed by atoms with Crippen molar-refractivity contribution < 1.29 is 14.5 Å². The molecule has 6 heteroatoms. The first-order valence-electron chi connectivity index (χ1n) is 4.92. The quantitative estimate of drug-likeness (QED) is 0.524. The molecule has 0 heterocycles. The van der Waals surface area contributed by atoms with Gasteiger partial charge in [0, 0.05) is 20.8 Å². The number of rotatable bonds is 5. The predicted molar refractivity (Wildman–Crippen MR) is 58.4 cm³/mol. The highest BCUT2D eigenvalue weighted by Gasteiger charge is 2.47. The maximum Gasteiger partial charge on any atom is 0.293 e. The monoisotopic (exact) mass is 230 g/mol. The first kappa shape index (κ1) is 14.7. The molecule has 0 saturated carbocycles. The Hall–Kier alpha value is -1.30. The van der Waals surface area contributed by atoms with Crippen LogP contribution in [0.4, 0.5) is 0 Å². The summed E-state index contributed by atoms with van der Waals surface area (Å²) in [4.78, 5) is 34.2. The van der Waals surface area contributed by atoms with Crippen molar-refractivity contribution >= 4 is 11.6 Å². The second-order valence-corrected chi connectivity index (χ2v) is 4.78. The molecule has 0 rings (SSSR count). The highest BCUT2D eigenvalue weighted by Crippen LogP contribution is 2.20. The number of nitroso groups, excluding NO2 is 1. The summed E-state index contributed by atoms with van der Waals surface area (Å²) >= 11 is 0. The van der Waals surface area contributed by atoms with Crippen molar-refractivity contribution in [1.82, 2.24) is 5.17 Å². The fourth-order valence-electron chi connectivity index (χ4n) is 0.724. The summed E-state index contributed by atoms with van der Waals surface area (Å²) in [5, 5.41) is 11.7. The molecule has 0 amide bonds. The highest BCUT2D eigenvalue weighted by molar-refractivity contribution is 5.85.